The summed E-state index contributed by atoms with van der Waals surface area (Å²) in [4.78, 5) is 20.5. The quantitative estimate of drug-likeness (QED) is 0.373. The third kappa shape index (κ3) is 12.7. The molecule has 1 rings (SSSR count). The van der Waals surface area contributed by atoms with Crippen molar-refractivity contribution in [1.29, 1.82) is 0 Å². The van der Waals surface area contributed by atoms with Crippen LogP contribution < -0.4 is 4.74 Å². The minimum atomic E-state index is -1.82. The van der Waals surface area contributed by atoms with Crippen LogP contribution in [0.1, 0.15) is 12.8 Å². The molecule has 0 fully saturated rings. The SMILES string of the molecule is C=CCN(CC=C)CCCCOc1ccc(Cl)cc1.O=C(O)C(=O)O. The summed E-state index contributed by atoms with van der Waals surface area (Å²) in [5.41, 5.74) is 0. The van der Waals surface area contributed by atoms with Crippen molar-refractivity contribution in [2.45, 2.75) is 12.8 Å². The van der Waals surface area contributed by atoms with Crippen LogP contribution in [0.5, 0.6) is 5.75 Å². The van der Waals surface area contributed by atoms with Crippen LogP contribution >= 0.6 is 11.6 Å². The summed E-state index contributed by atoms with van der Waals surface area (Å²) in [6.07, 6.45) is 5.99. The number of carboxylic acid groups (broad SMARTS) is 2. The third-order valence-electron chi connectivity index (χ3n) is 2.91. The van der Waals surface area contributed by atoms with Gasteiger partial charge in [-0.15, -0.1) is 13.2 Å². The number of unbranched alkanes of at least 4 members (excludes halogenated alkanes) is 1. The second kappa shape index (κ2) is 14.1. The van der Waals surface area contributed by atoms with Gasteiger partial charge in [-0.3, -0.25) is 4.90 Å². The number of carbonyl (C=O) groups is 2. The van der Waals surface area contributed by atoms with E-state index in [9.17, 15) is 0 Å². The molecule has 0 bridgehead atoms. The van der Waals surface area contributed by atoms with E-state index in [0.717, 1.165) is 49.9 Å². The number of aliphatic carboxylic acids is 2. The topological polar surface area (TPSA) is 87.1 Å². The summed E-state index contributed by atoms with van der Waals surface area (Å²) in [6, 6.07) is 7.47. The summed E-state index contributed by atoms with van der Waals surface area (Å²) >= 11 is 5.81. The van der Waals surface area contributed by atoms with Crippen LogP contribution in [-0.2, 0) is 9.59 Å². The Kier molecular flexibility index (Phi) is 12.8. The lowest BCUT2D eigenvalue weighted by molar-refractivity contribution is -0.159. The first-order chi connectivity index (χ1) is 11.9. The first-order valence-electron chi connectivity index (χ1n) is 7.69. The highest BCUT2D eigenvalue weighted by molar-refractivity contribution is 6.30. The molecule has 0 heterocycles. The number of carboxylic acids is 2. The third-order valence-corrected chi connectivity index (χ3v) is 3.16. The van der Waals surface area contributed by atoms with E-state index in [4.69, 9.17) is 36.1 Å². The molecule has 6 nitrogen and oxygen atoms in total. The molecular weight excluding hydrogens is 346 g/mol. The Bertz CT molecular complexity index is 523. The second-order valence-corrected chi connectivity index (χ2v) is 5.39. The van der Waals surface area contributed by atoms with Gasteiger partial charge in [0, 0.05) is 18.1 Å². The highest BCUT2D eigenvalue weighted by Crippen LogP contribution is 2.15. The van der Waals surface area contributed by atoms with E-state index < -0.39 is 11.9 Å². The Hall–Kier alpha value is -2.31. The second-order valence-electron chi connectivity index (χ2n) is 4.96. The van der Waals surface area contributed by atoms with Crippen molar-refractivity contribution in [2.24, 2.45) is 0 Å². The number of ether oxygens (including phenoxy) is 1. The normalized spacial score (nSPS) is 9.68. The molecule has 2 N–H and O–H groups in total. The van der Waals surface area contributed by atoms with Gasteiger partial charge in [-0.25, -0.2) is 9.59 Å². The van der Waals surface area contributed by atoms with Crippen LogP contribution in [0.3, 0.4) is 0 Å². The Labute approximate surface area is 153 Å². The number of benzene rings is 1. The molecule has 1 aromatic rings. The van der Waals surface area contributed by atoms with E-state index >= 15 is 0 Å². The molecule has 0 aromatic heterocycles. The molecule has 0 aliphatic heterocycles. The van der Waals surface area contributed by atoms with Gasteiger partial charge in [0.1, 0.15) is 5.75 Å². The van der Waals surface area contributed by atoms with E-state index in [2.05, 4.69) is 18.1 Å². The van der Waals surface area contributed by atoms with Gasteiger partial charge < -0.3 is 14.9 Å². The summed E-state index contributed by atoms with van der Waals surface area (Å²) in [6.45, 7) is 11.1. The van der Waals surface area contributed by atoms with Crippen molar-refractivity contribution in [3.8, 4) is 5.75 Å². The van der Waals surface area contributed by atoms with Crippen LogP contribution in [0.2, 0.25) is 5.02 Å². The summed E-state index contributed by atoms with van der Waals surface area (Å²) in [5.74, 6) is -2.77. The van der Waals surface area contributed by atoms with Crippen molar-refractivity contribution >= 4 is 23.5 Å². The maximum Gasteiger partial charge on any atom is 0.414 e. The zero-order valence-electron chi connectivity index (χ0n) is 14.1. The first-order valence-corrected chi connectivity index (χ1v) is 8.07. The van der Waals surface area contributed by atoms with Crippen LogP contribution in [0, 0.1) is 0 Å². The minimum Gasteiger partial charge on any atom is -0.494 e. The molecule has 0 atom stereocenters. The highest BCUT2D eigenvalue weighted by atomic mass is 35.5. The van der Waals surface area contributed by atoms with Gasteiger partial charge in [0.25, 0.3) is 0 Å². The molecule has 0 saturated carbocycles. The van der Waals surface area contributed by atoms with Crippen molar-refractivity contribution in [1.82, 2.24) is 4.90 Å². The number of rotatable bonds is 10. The minimum absolute atomic E-state index is 0.733. The number of hydrogen-bond donors (Lipinski definition) is 2. The van der Waals surface area contributed by atoms with Crippen molar-refractivity contribution < 1.29 is 24.5 Å². The van der Waals surface area contributed by atoms with Crippen LogP contribution in [0.15, 0.2) is 49.6 Å². The Morgan fingerprint density at radius 3 is 2.00 bits per heavy atom. The molecule has 0 amide bonds. The largest absolute Gasteiger partial charge is 0.494 e. The Morgan fingerprint density at radius 1 is 1.04 bits per heavy atom. The van der Waals surface area contributed by atoms with E-state index in [1.807, 2.05) is 36.4 Å². The van der Waals surface area contributed by atoms with E-state index in [1.54, 1.807) is 0 Å². The molecule has 7 heteroatoms. The van der Waals surface area contributed by atoms with Crippen LogP contribution in [0.4, 0.5) is 0 Å². The summed E-state index contributed by atoms with van der Waals surface area (Å²) in [5, 5.41) is 15.5. The highest BCUT2D eigenvalue weighted by Gasteiger charge is 2.04. The van der Waals surface area contributed by atoms with Gasteiger partial charge in [-0.1, -0.05) is 23.8 Å². The fourth-order valence-electron chi connectivity index (χ4n) is 1.78. The fourth-order valence-corrected chi connectivity index (χ4v) is 1.91. The summed E-state index contributed by atoms with van der Waals surface area (Å²) in [7, 11) is 0. The zero-order valence-corrected chi connectivity index (χ0v) is 14.8. The molecule has 0 aliphatic carbocycles. The summed E-state index contributed by atoms with van der Waals surface area (Å²) < 4.78 is 5.65. The lowest BCUT2D eigenvalue weighted by Crippen LogP contribution is -2.25. The lowest BCUT2D eigenvalue weighted by Gasteiger charge is -2.18. The van der Waals surface area contributed by atoms with E-state index in [0.29, 0.717) is 0 Å². The predicted molar refractivity (Wildman–Crippen MR) is 98.3 cm³/mol. The van der Waals surface area contributed by atoms with E-state index in [-0.39, 0.29) is 0 Å². The Balaban J connectivity index is 0.000000823. The number of nitrogens with zero attached hydrogens (tertiary/aromatic N) is 1. The zero-order chi connectivity index (χ0) is 19.1. The van der Waals surface area contributed by atoms with Crippen molar-refractivity contribution in [3.05, 3.63) is 54.6 Å². The number of halogens is 1. The van der Waals surface area contributed by atoms with Gasteiger partial charge in [0.15, 0.2) is 0 Å². The standard InChI is InChI=1S/C16H22ClNO.C2H2O4/c1-3-11-18(12-4-2)13-5-6-14-19-16-9-7-15(17)8-10-16;3-1(4)2(5)6/h3-4,7-10H,1-2,5-6,11-14H2;(H,3,4)(H,5,6). The molecular formula is C18H24ClNO5. The number of hydrogen-bond acceptors (Lipinski definition) is 4. The molecule has 0 radical (unpaired) electrons. The van der Waals surface area contributed by atoms with Gasteiger partial charge in [-0.2, -0.15) is 0 Å². The maximum atomic E-state index is 9.10. The van der Waals surface area contributed by atoms with Gasteiger partial charge in [-0.05, 0) is 43.7 Å². The van der Waals surface area contributed by atoms with Gasteiger partial charge in [0.05, 0.1) is 6.61 Å². The molecule has 0 unspecified atom stereocenters. The Morgan fingerprint density at radius 2 is 1.56 bits per heavy atom. The first kappa shape index (κ1) is 22.7. The average molecular weight is 370 g/mol. The lowest BCUT2D eigenvalue weighted by atomic mass is 10.3. The average Bonchev–Trinajstić information content (AvgIpc) is 2.57. The van der Waals surface area contributed by atoms with Gasteiger partial charge in [0.2, 0.25) is 0 Å². The molecule has 0 spiro atoms. The smallest absolute Gasteiger partial charge is 0.414 e. The van der Waals surface area contributed by atoms with Crippen molar-refractivity contribution in [3.63, 3.8) is 0 Å². The molecule has 25 heavy (non-hydrogen) atoms. The van der Waals surface area contributed by atoms with E-state index in [1.165, 1.54) is 0 Å². The predicted octanol–water partition coefficient (Wildman–Crippen LogP) is 3.33. The monoisotopic (exact) mass is 369 g/mol. The van der Waals surface area contributed by atoms with Gasteiger partial charge >= 0.3 is 11.9 Å². The molecule has 138 valence electrons. The van der Waals surface area contributed by atoms with Crippen LogP contribution in [-0.4, -0.2) is 53.3 Å². The fraction of sp³-hybridized carbons (Fsp3) is 0.333. The molecule has 1 aromatic carbocycles. The maximum absolute atomic E-state index is 9.10. The van der Waals surface area contributed by atoms with Crippen LogP contribution in [0.25, 0.3) is 0 Å². The molecule has 0 aliphatic rings. The van der Waals surface area contributed by atoms with Crippen molar-refractivity contribution in [2.75, 3.05) is 26.2 Å². The molecule has 0 saturated heterocycles.